The Hall–Kier alpha value is -1.83. The average Bonchev–Trinajstić information content (AvgIpc) is 3.26. The molecule has 1 aliphatic carbocycles. The molecule has 0 aromatic heterocycles. The molecule has 3 amide bonds. The average molecular weight is 424 g/mol. The number of rotatable bonds is 7. The lowest BCUT2D eigenvalue weighted by molar-refractivity contribution is -0.131. The van der Waals surface area contributed by atoms with Gasteiger partial charge in [0.05, 0.1) is 18.8 Å². The highest BCUT2D eigenvalue weighted by molar-refractivity contribution is 6.30. The van der Waals surface area contributed by atoms with Crippen molar-refractivity contribution in [2.45, 2.75) is 63.2 Å². The predicted octanol–water partition coefficient (Wildman–Crippen LogP) is 3.07. The van der Waals surface area contributed by atoms with Crippen LogP contribution in [0, 0.1) is 5.92 Å². The fourth-order valence-corrected chi connectivity index (χ4v) is 4.18. The topological polar surface area (TPSA) is 99.7 Å². The van der Waals surface area contributed by atoms with Crippen LogP contribution in [0.25, 0.3) is 0 Å². The van der Waals surface area contributed by atoms with Crippen molar-refractivity contribution in [3.05, 3.63) is 29.3 Å². The van der Waals surface area contributed by atoms with Crippen LogP contribution in [-0.4, -0.2) is 48.4 Å². The number of benzene rings is 1. The molecule has 7 nitrogen and oxygen atoms in total. The third-order valence-corrected chi connectivity index (χ3v) is 5.96. The van der Waals surface area contributed by atoms with Crippen LogP contribution in [0.2, 0.25) is 5.02 Å². The van der Waals surface area contributed by atoms with E-state index < -0.39 is 6.10 Å². The normalized spacial score (nSPS) is 24.8. The van der Waals surface area contributed by atoms with Crippen LogP contribution in [-0.2, 0) is 9.53 Å². The van der Waals surface area contributed by atoms with Gasteiger partial charge in [0.15, 0.2) is 0 Å². The Bertz CT molecular complexity index is 679. The highest BCUT2D eigenvalue weighted by Crippen LogP contribution is 2.27. The molecule has 0 unspecified atom stereocenters. The number of carbonyl (C=O) groups excluding carboxylic acids is 2. The molecular weight excluding hydrogens is 394 g/mol. The second-order valence-electron chi connectivity index (χ2n) is 7.83. The molecule has 0 radical (unpaired) electrons. The van der Waals surface area contributed by atoms with Crippen molar-refractivity contribution < 1.29 is 19.4 Å². The summed E-state index contributed by atoms with van der Waals surface area (Å²) in [5.41, 5.74) is 0.669. The van der Waals surface area contributed by atoms with Crippen molar-refractivity contribution in [2.24, 2.45) is 5.92 Å². The van der Waals surface area contributed by atoms with Gasteiger partial charge in [-0.2, -0.15) is 0 Å². The Morgan fingerprint density at radius 3 is 2.52 bits per heavy atom. The number of hydrogen-bond acceptors (Lipinski definition) is 4. The molecule has 1 aliphatic heterocycles. The van der Waals surface area contributed by atoms with Gasteiger partial charge in [0.2, 0.25) is 5.91 Å². The molecule has 1 aromatic rings. The molecule has 1 heterocycles. The van der Waals surface area contributed by atoms with E-state index in [-0.39, 0.29) is 36.6 Å². The molecule has 1 saturated carbocycles. The summed E-state index contributed by atoms with van der Waals surface area (Å²) >= 11 is 5.83. The number of halogens is 1. The van der Waals surface area contributed by atoms with E-state index in [0.717, 1.165) is 38.5 Å². The second kappa shape index (κ2) is 10.8. The lowest BCUT2D eigenvalue weighted by atomic mass is 9.96. The first-order valence-corrected chi connectivity index (χ1v) is 10.8. The summed E-state index contributed by atoms with van der Waals surface area (Å²) in [4.78, 5) is 24.3. The highest BCUT2D eigenvalue weighted by atomic mass is 35.5. The third kappa shape index (κ3) is 6.59. The number of nitrogens with one attached hydrogen (secondary N) is 3. The minimum atomic E-state index is -0.401. The first-order valence-electron chi connectivity index (χ1n) is 10.4. The van der Waals surface area contributed by atoms with Crippen molar-refractivity contribution in [1.29, 1.82) is 0 Å². The summed E-state index contributed by atoms with van der Waals surface area (Å²) in [6.45, 7) is 0.331. The van der Waals surface area contributed by atoms with Crippen molar-refractivity contribution in [3.8, 4) is 0 Å². The van der Waals surface area contributed by atoms with E-state index in [1.165, 1.54) is 0 Å². The van der Waals surface area contributed by atoms with Gasteiger partial charge in [0.25, 0.3) is 0 Å². The van der Waals surface area contributed by atoms with Crippen LogP contribution in [0.15, 0.2) is 24.3 Å². The lowest BCUT2D eigenvalue weighted by Crippen LogP contribution is -2.52. The van der Waals surface area contributed by atoms with Gasteiger partial charge in [-0.1, -0.05) is 24.4 Å². The molecule has 160 valence electrons. The van der Waals surface area contributed by atoms with E-state index in [1.54, 1.807) is 24.3 Å². The summed E-state index contributed by atoms with van der Waals surface area (Å²) in [6, 6.07) is 6.46. The molecule has 2 aliphatic rings. The number of urea groups is 1. The quantitative estimate of drug-likeness (QED) is 0.541. The van der Waals surface area contributed by atoms with Crippen LogP contribution in [0.1, 0.15) is 44.9 Å². The van der Waals surface area contributed by atoms with Gasteiger partial charge in [0, 0.05) is 23.2 Å². The number of hydrogen-bond donors (Lipinski definition) is 4. The maximum Gasteiger partial charge on any atom is 0.319 e. The zero-order valence-corrected chi connectivity index (χ0v) is 17.3. The fourth-order valence-electron chi connectivity index (χ4n) is 4.05. The Kier molecular flexibility index (Phi) is 8.15. The van der Waals surface area contributed by atoms with E-state index in [9.17, 15) is 14.7 Å². The smallest absolute Gasteiger partial charge is 0.319 e. The Balaban J connectivity index is 1.37. The highest BCUT2D eigenvalue weighted by Gasteiger charge is 2.33. The van der Waals surface area contributed by atoms with Crippen molar-refractivity contribution >= 4 is 29.2 Å². The van der Waals surface area contributed by atoms with Crippen LogP contribution < -0.4 is 16.0 Å². The predicted molar refractivity (Wildman–Crippen MR) is 112 cm³/mol. The van der Waals surface area contributed by atoms with Gasteiger partial charge in [-0.3, -0.25) is 4.79 Å². The maximum atomic E-state index is 12.4. The molecule has 8 heteroatoms. The van der Waals surface area contributed by atoms with Gasteiger partial charge >= 0.3 is 6.03 Å². The van der Waals surface area contributed by atoms with E-state index >= 15 is 0 Å². The third-order valence-electron chi connectivity index (χ3n) is 5.70. The summed E-state index contributed by atoms with van der Waals surface area (Å²) in [7, 11) is 0. The number of ether oxygens (including phenoxy) is 1. The molecule has 0 bridgehead atoms. The molecule has 3 rings (SSSR count). The molecule has 1 saturated heterocycles. The van der Waals surface area contributed by atoms with Gasteiger partial charge in [0.1, 0.15) is 6.10 Å². The van der Waals surface area contributed by atoms with E-state index in [4.69, 9.17) is 16.3 Å². The molecule has 3 atom stereocenters. The molecule has 4 N–H and O–H groups in total. The minimum absolute atomic E-state index is 0.0531. The van der Waals surface area contributed by atoms with Gasteiger partial charge < -0.3 is 25.8 Å². The van der Waals surface area contributed by atoms with Crippen molar-refractivity contribution in [3.63, 3.8) is 0 Å². The standard InChI is InChI=1S/C21H30ClN3O4/c22-15-5-7-16(8-6-15)24-21(28)23-12-11-17-9-10-18(19(13-26)29-17)25-20(27)14-3-1-2-4-14/h5-8,14,17-19,26H,1-4,9-13H2,(H,25,27)(H2,23,24,28)/t17-,18+,19-/m1/s1. The first kappa shape index (κ1) is 21.9. The number of amides is 3. The molecule has 2 fully saturated rings. The van der Waals surface area contributed by atoms with Crippen molar-refractivity contribution in [1.82, 2.24) is 10.6 Å². The number of carbonyl (C=O) groups is 2. The van der Waals surface area contributed by atoms with E-state index in [1.807, 2.05) is 0 Å². The molecule has 0 spiro atoms. The Morgan fingerprint density at radius 2 is 1.83 bits per heavy atom. The SMILES string of the molecule is O=C(NCC[C@H]1CC[C@H](NC(=O)C2CCCC2)[C@@H](CO)O1)Nc1ccc(Cl)cc1. The largest absolute Gasteiger partial charge is 0.394 e. The number of anilines is 1. The summed E-state index contributed by atoms with van der Waals surface area (Å²) in [5, 5.41) is 18.9. The summed E-state index contributed by atoms with van der Waals surface area (Å²) in [6.07, 6.45) is 5.88. The summed E-state index contributed by atoms with van der Waals surface area (Å²) < 4.78 is 5.97. The molecule has 1 aromatic carbocycles. The number of aliphatic hydroxyl groups excluding tert-OH is 1. The number of aliphatic hydroxyl groups is 1. The van der Waals surface area contributed by atoms with Crippen LogP contribution in [0.5, 0.6) is 0 Å². The zero-order valence-electron chi connectivity index (χ0n) is 16.5. The Morgan fingerprint density at radius 1 is 1.10 bits per heavy atom. The van der Waals surface area contributed by atoms with Gasteiger partial charge in [-0.05, 0) is 56.4 Å². The Labute approximate surface area is 176 Å². The minimum Gasteiger partial charge on any atom is -0.394 e. The van der Waals surface area contributed by atoms with Crippen molar-refractivity contribution in [2.75, 3.05) is 18.5 Å². The van der Waals surface area contributed by atoms with Gasteiger partial charge in [-0.15, -0.1) is 0 Å². The summed E-state index contributed by atoms with van der Waals surface area (Å²) in [5.74, 6) is 0.198. The van der Waals surface area contributed by atoms with E-state index in [2.05, 4.69) is 16.0 Å². The lowest BCUT2D eigenvalue weighted by Gasteiger charge is -2.36. The second-order valence-corrected chi connectivity index (χ2v) is 8.27. The maximum absolute atomic E-state index is 12.4. The monoisotopic (exact) mass is 423 g/mol. The molecular formula is C21H30ClN3O4. The zero-order chi connectivity index (χ0) is 20.6. The van der Waals surface area contributed by atoms with Crippen LogP contribution in [0.3, 0.4) is 0 Å². The van der Waals surface area contributed by atoms with Crippen LogP contribution in [0.4, 0.5) is 10.5 Å². The van der Waals surface area contributed by atoms with E-state index in [0.29, 0.717) is 23.7 Å². The fraction of sp³-hybridized carbons (Fsp3) is 0.619. The first-order chi connectivity index (χ1) is 14.0. The molecule has 29 heavy (non-hydrogen) atoms. The van der Waals surface area contributed by atoms with Gasteiger partial charge in [-0.25, -0.2) is 4.79 Å². The van der Waals surface area contributed by atoms with Crippen LogP contribution >= 0.6 is 11.6 Å².